The van der Waals surface area contributed by atoms with Crippen LogP contribution in [0.15, 0.2) is 72.9 Å². The molecule has 28 heavy (non-hydrogen) atoms. The summed E-state index contributed by atoms with van der Waals surface area (Å²) in [7, 11) is 0. The van der Waals surface area contributed by atoms with Crippen LogP contribution in [0, 0.1) is 5.82 Å². The van der Waals surface area contributed by atoms with Crippen molar-refractivity contribution in [2.75, 3.05) is 0 Å². The number of carbonyl (C=O) groups is 1. The Morgan fingerprint density at radius 3 is 2.43 bits per heavy atom. The van der Waals surface area contributed by atoms with Crippen LogP contribution in [0.3, 0.4) is 0 Å². The van der Waals surface area contributed by atoms with Gasteiger partial charge in [-0.15, -0.1) is 0 Å². The summed E-state index contributed by atoms with van der Waals surface area (Å²) < 4.78 is 15.6. The molecule has 2 N–H and O–H groups in total. The van der Waals surface area contributed by atoms with E-state index in [1.807, 2.05) is 42.6 Å². The van der Waals surface area contributed by atoms with Gasteiger partial charge in [-0.25, -0.2) is 4.39 Å². The monoisotopic (exact) mass is 392 g/mol. The second-order valence-electron chi connectivity index (χ2n) is 6.77. The molecule has 5 heteroatoms. The molecule has 0 aliphatic carbocycles. The molecule has 4 rings (SSSR count). The summed E-state index contributed by atoms with van der Waals surface area (Å²) in [5.41, 5.74) is 10.2. The van der Waals surface area contributed by atoms with E-state index in [1.165, 1.54) is 11.6 Å². The third-order valence-corrected chi connectivity index (χ3v) is 5.07. The Morgan fingerprint density at radius 2 is 1.71 bits per heavy atom. The molecule has 3 aromatic carbocycles. The number of hydrogen-bond donors (Lipinski definition) is 1. The van der Waals surface area contributed by atoms with Crippen LogP contribution in [-0.4, -0.2) is 10.5 Å². The van der Waals surface area contributed by atoms with E-state index >= 15 is 0 Å². The van der Waals surface area contributed by atoms with Gasteiger partial charge in [0.2, 0.25) is 5.91 Å². The molecule has 0 saturated carbocycles. The van der Waals surface area contributed by atoms with E-state index in [9.17, 15) is 9.18 Å². The van der Waals surface area contributed by atoms with Crippen molar-refractivity contribution >= 4 is 28.4 Å². The summed E-state index contributed by atoms with van der Waals surface area (Å²) in [6.45, 7) is 0.692. The molecule has 4 aromatic rings. The van der Waals surface area contributed by atoms with E-state index in [0.29, 0.717) is 6.54 Å². The summed E-state index contributed by atoms with van der Waals surface area (Å²) >= 11 is 5.94. The first-order valence-electron chi connectivity index (χ1n) is 8.90. The van der Waals surface area contributed by atoms with Crippen LogP contribution >= 0.6 is 11.6 Å². The van der Waals surface area contributed by atoms with E-state index in [1.54, 1.807) is 12.1 Å². The Bertz CT molecular complexity index is 1170. The van der Waals surface area contributed by atoms with Crippen molar-refractivity contribution in [2.45, 2.75) is 13.0 Å². The maximum atomic E-state index is 13.5. The lowest BCUT2D eigenvalue weighted by Crippen LogP contribution is -2.13. The molecule has 0 aliphatic heterocycles. The fraction of sp³-hybridized carbons (Fsp3) is 0.0870. The zero-order valence-corrected chi connectivity index (χ0v) is 15.8. The Balaban J connectivity index is 1.82. The van der Waals surface area contributed by atoms with Gasteiger partial charge in [0.05, 0.1) is 11.4 Å². The summed E-state index contributed by atoms with van der Waals surface area (Å²) in [6, 6.07) is 20.7. The molecule has 0 saturated heterocycles. The lowest BCUT2D eigenvalue weighted by atomic mass is 10.0. The van der Waals surface area contributed by atoms with E-state index in [4.69, 9.17) is 17.3 Å². The zero-order chi connectivity index (χ0) is 19.7. The van der Waals surface area contributed by atoms with Gasteiger partial charge in [0.1, 0.15) is 5.82 Å². The molecule has 0 atom stereocenters. The maximum Gasteiger partial charge on any atom is 0.221 e. The fourth-order valence-electron chi connectivity index (χ4n) is 3.47. The third kappa shape index (κ3) is 3.64. The molecule has 0 radical (unpaired) electrons. The summed E-state index contributed by atoms with van der Waals surface area (Å²) in [6.07, 6.45) is 2.13. The fourth-order valence-corrected chi connectivity index (χ4v) is 3.65. The van der Waals surface area contributed by atoms with Gasteiger partial charge in [0.25, 0.3) is 0 Å². The zero-order valence-electron chi connectivity index (χ0n) is 15.0. The normalized spacial score (nSPS) is 11.1. The van der Waals surface area contributed by atoms with Gasteiger partial charge in [0, 0.05) is 23.6 Å². The maximum absolute atomic E-state index is 13.5. The predicted molar refractivity (Wildman–Crippen MR) is 111 cm³/mol. The number of nitrogens with zero attached hydrogens (tertiary/aromatic N) is 1. The smallest absolute Gasteiger partial charge is 0.221 e. The topological polar surface area (TPSA) is 48.0 Å². The number of fused-ring (bicyclic) bond motifs is 1. The minimum Gasteiger partial charge on any atom is -0.369 e. The molecule has 140 valence electrons. The van der Waals surface area contributed by atoms with Crippen molar-refractivity contribution in [3.63, 3.8) is 0 Å². The van der Waals surface area contributed by atoms with Gasteiger partial charge in [0.15, 0.2) is 0 Å². The number of amides is 1. The van der Waals surface area contributed by atoms with Gasteiger partial charge in [-0.1, -0.05) is 54.1 Å². The summed E-state index contributed by atoms with van der Waals surface area (Å²) in [5.74, 6) is -0.830. The Labute approximate surface area is 167 Å². The van der Waals surface area contributed by atoms with Gasteiger partial charge in [-0.05, 0) is 46.5 Å². The Morgan fingerprint density at radius 1 is 1.00 bits per heavy atom. The number of hydrogen-bond acceptors (Lipinski definition) is 1. The van der Waals surface area contributed by atoms with E-state index in [2.05, 4.69) is 16.7 Å². The lowest BCUT2D eigenvalue weighted by molar-refractivity contribution is -0.117. The predicted octanol–water partition coefficient (Wildman–Crippen LogP) is 5.18. The van der Waals surface area contributed by atoms with Crippen molar-refractivity contribution in [3.05, 3.63) is 94.9 Å². The number of halogens is 2. The first-order chi connectivity index (χ1) is 13.5. The molecular formula is C23H18ClFN2O. The van der Waals surface area contributed by atoms with E-state index in [0.717, 1.165) is 27.6 Å². The summed E-state index contributed by atoms with van der Waals surface area (Å²) in [5, 5.41) is 1.03. The molecule has 1 amide bonds. The Hall–Kier alpha value is -3.11. The number of primary amides is 1. The van der Waals surface area contributed by atoms with Gasteiger partial charge < -0.3 is 10.3 Å². The SMILES string of the molecule is NC(=O)Cc1cn(Cc2ccccc2)c2ccc(-c3ccc(F)c(Cl)c3)cc12. The first kappa shape index (κ1) is 18.3. The van der Waals surface area contributed by atoms with Crippen molar-refractivity contribution in [1.82, 2.24) is 4.57 Å². The van der Waals surface area contributed by atoms with Crippen molar-refractivity contribution in [3.8, 4) is 11.1 Å². The molecule has 0 fully saturated rings. The summed E-state index contributed by atoms with van der Waals surface area (Å²) in [4.78, 5) is 11.6. The number of carbonyl (C=O) groups excluding carboxylic acids is 1. The van der Waals surface area contributed by atoms with Crippen LogP contribution in [0.25, 0.3) is 22.0 Å². The molecule has 3 nitrogen and oxygen atoms in total. The van der Waals surface area contributed by atoms with Gasteiger partial charge in [-0.2, -0.15) is 0 Å². The van der Waals surface area contributed by atoms with Crippen LogP contribution in [0.2, 0.25) is 5.02 Å². The average Bonchev–Trinajstić information content (AvgIpc) is 3.01. The average molecular weight is 393 g/mol. The molecule has 0 bridgehead atoms. The highest BCUT2D eigenvalue weighted by Gasteiger charge is 2.13. The molecule has 0 aliphatic rings. The highest BCUT2D eigenvalue weighted by Crippen LogP contribution is 2.31. The number of nitrogens with two attached hydrogens (primary N) is 1. The van der Waals surface area contributed by atoms with Crippen molar-refractivity contribution < 1.29 is 9.18 Å². The van der Waals surface area contributed by atoms with E-state index < -0.39 is 5.82 Å². The highest BCUT2D eigenvalue weighted by molar-refractivity contribution is 6.31. The van der Waals surface area contributed by atoms with Crippen LogP contribution in [-0.2, 0) is 17.8 Å². The molecule has 0 spiro atoms. The largest absolute Gasteiger partial charge is 0.369 e. The second-order valence-corrected chi connectivity index (χ2v) is 7.18. The minimum atomic E-state index is -0.449. The molecule has 0 unspecified atom stereocenters. The number of rotatable bonds is 5. The standard InChI is InChI=1S/C23H18ClFN2O/c24-20-11-17(6-8-21(20)25)16-7-9-22-19(10-16)18(12-23(26)28)14-27(22)13-15-4-2-1-3-5-15/h1-11,14H,12-13H2,(H2,26,28). The quantitative estimate of drug-likeness (QED) is 0.500. The second kappa shape index (κ2) is 7.49. The van der Waals surface area contributed by atoms with Gasteiger partial charge in [-0.3, -0.25) is 4.79 Å². The van der Waals surface area contributed by atoms with Crippen LogP contribution in [0.1, 0.15) is 11.1 Å². The first-order valence-corrected chi connectivity index (χ1v) is 9.28. The van der Waals surface area contributed by atoms with Crippen molar-refractivity contribution in [2.24, 2.45) is 5.73 Å². The van der Waals surface area contributed by atoms with Crippen LogP contribution in [0.5, 0.6) is 0 Å². The minimum absolute atomic E-state index is 0.0802. The van der Waals surface area contributed by atoms with Gasteiger partial charge >= 0.3 is 0 Å². The Kier molecular flexibility index (Phi) is 4.88. The molecule has 1 heterocycles. The number of benzene rings is 3. The van der Waals surface area contributed by atoms with Crippen LogP contribution < -0.4 is 5.73 Å². The highest BCUT2D eigenvalue weighted by atomic mass is 35.5. The van der Waals surface area contributed by atoms with Crippen molar-refractivity contribution in [1.29, 1.82) is 0 Å². The van der Waals surface area contributed by atoms with Crippen LogP contribution in [0.4, 0.5) is 4.39 Å². The molecular weight excluding hydrogens is 375 g/mol. The number of aromatic nitrogens is 1. The third-order valence-electron chi connectivity index (χ3n) is 4.78. The van der Waals surface area contributed by atoms with E-state index in [-0.39, 0.29) is 17.4 Å². The molecule has 1 aromatic heterocycles. The lowest BCUT2D eigenvalue weighted by Gasteiger charge is -2.07.